The zero-order valence-corrected chi connectivity index (χ0v) is 12.9. The molecule has 4 nitrogen and oxygen atoms in total. The van der Waals surface area contributed by atoms with Crippen LogP contribution in [0.4, 0.5) is 0 Å². The number of pyridine rings is 1. The third-order valence-electron chi connectivity index (χ3n) is 3.08. The first-order valence-corrected chi connectivity index (χ1v) is 7.16. The van der Waals surface area contributed by atoms with E-state index in [4.69, 9.17) is 4.74 Å². The molecule has 4 heteroatoms. The number of allylic oxidation sites excluding steroid dienone is 1. The molecular formula is C18H20N2O2. The van der Waals surface area contributed by atoms with Crippen molar-refractivity contribution in [3.63, 3.8) is 0 Å². The first-order valence-electron chi connectivity index (χ1n) is 7.16. The van der Waals surface area contributed by atoms with E-state index >= 15 is 0 Å². The molecule has 114 valence electrons. The van der Waals surface area contributed by atoms with E-state index in [0.29, 0.717) is 12.2 Å². The summed E-state index contributed by atoms with van der Waals surface area (Å²) in [5.41, 5.74) is 1.46. The van der Waals surface area contributed by atoms with Gasteiger partial charge in [-0.05, 0) is 44.4 Å². The monoisotopic (exact) mass is 296 g/mol. The molecule has 0 saturated heterocycles. The van der Waals surface area contributed by atoms with Gasteiger partial charge in [0.2, 0.25) is 0 Å². The number of rotatable bonds is 7. The van der Waals surface area contributed by atoms with E-state index in [1.807, 2.05) is 38.4 Å². The van der Waals surface area contributed by atoms with Crippen molar-refractivity contribution in [1.82, 2.24) is 9.88 Å². The average Bonchev–Trinajstić information content (AvgIpc) is 2.54. The summed E-state index contributed by atoms with van der Waals surface area (Å²) in [7, 11) is 4.00. The first-order chi connectivity index (χ1) is 10.7. The van der Waals surface area contributed by atoms with Gasteiger partial charge in [-0.25, -0.2) is 0 Å². The van der Waals surface area contributed by atoms with Crippen LogP contribution in [0.15, 0.2) is 54.9 Å². The summed E-state index contributed by atoms with van der Waals surface area (Å²) in [5.74, 6) is 0.704. The average molecular weight is 296 g/mol. The molecule has 0 bridgehead atoms. The highest BCUT2D eigenvalue weighted by molar-refractivity contribution is 6.06. The third-order valence-corrected chi connectivity index (χ3v) is 3.08. The molecule has 2 aromatic rings. The summed E-state index contributed by atoms with van der Waals surface area (Å²) in [6.07, 6.45) is 6.53. The number of benzene rings is 1. The number of aromatic nitrogens is 1. The molecule has 0 atom stereocenters. The molecule has 1 heterocycles. The Labute approximate surface area is 131 Å². The Morgan fingerprint density at radius 3 is 2.77 bits per heavy atom. The number of likely N-dealkylation sites (N-methyl/N-ethyl adjacent to an activating group) is 1. The van der Waals surface area contributed by atoms with Crippen LogP contribution in [0.3, 0.4) is 0 Å². The minimum atomic E-state index is -0.0730. The summed E-state index contributed by atoms with van der Waals surface area (Å²) >= 11 is 0. The zero-order valence-electron chi connectivity index (χ0n) is 12.9. The Morgan fingerprint density at radius 2 is 2.05 bits per heavy atom. The molecule has 0 saturated carbocycles. The fraction of sp³-hybridized carbons (Fsp3) is 0.222. The number of hydrogen-bond acceptors (Lipinski definition) is 4. The van der Waals surface area contributed by atoms with Crippen LogP contribution in [-0.2, 0) is 0 Å². The van der Waals surface area contributed by atoms with E-state index in [1.165, 1.54) is 0 Å². The van der Waals surface area contributed by atoms with Crippen molar-refractivity contribution in [2.24, 2.45) is 0 Å². The number of ether oxygens (including phenoxy) is 1. The van der Waals surface area contributed by atoms with Crippen molar-refractivity contribution in [2.75, 3.05) is 27.2 Å². The number of hydrogen-bond donors (Lipinski definition) is 0. The van der Waals surface area contributed by atoms with Gasteiger partial charge in [-0.3, -0.25) is 9.78 Å². The lowest BCUT2D eigenvalue weighted by molar-refractivity contribution is 0.104. The van der Waals surface area contributed by atoms with E-state index in [1.54, 1.807) is 36.7 Å². The summed E-state index contributed by atoms with van der Waals surface area (Å²) in [4.78, 5) is 18.1. The highest BCUT2D eigenvalue weighted by Crippen LogP contribution is 2.19. The van der Waals surface area contributed by atoms with Gasteiger partial charge < -0.3 is 9.64 Å². The van der Waals surface area contributed by atoms with Crippen molar-refractivity contribution in [3.8, 4) is 5.75 Å². The number of carbonyl (C=O) groups excluding carboxylic acids is 1. The predicted molar refractivity (Wildman–Crippen MR) is 88.1 cm³/mol. The van der Waals surface area contributed by atoms with Gasteiger partial charge in [-0.15, -0.1) is 0 Å². The second-order valence-electron chi connectivity index (χ2n) is 5.13. The maximum absolute atomic E-state index is 12.1. The van der Waals surface area contributed by atoms with Gasteiger partial charge in [-0.1, -0.05) is 18.2 Å². The Hall–Kier alpha value is -2.46. The molecule has 2 rings (SSSR count). The standard InChI is InChI=1S/C18H20N2O2/c1-20(2)12-13-22-18-8-4-3-6-15(18)9-10-17(21)16-7-5-11-19-14-16/h3-11,14H,12-13H2,1-2H3. The molecule has 0 aliphatic carbocycles. The second kappa shape index (κ2) is 8.10. The van der Waals surface area contributed by atoms with Crippen LogP contribution < -0.4 is 4.74 Å². The van der Waals surface area contributed by atoms with Crippen LogP contribution in [0.1, 0.15) is 15.9 Å². The molecule has 0 spiro atoms. The zero-order chi connectivity index (χ0) is 15.8. The van der Waals surface area contributed by atoms with E-state index < -0.39 is 0 Å². The Kier molecular flexibility index (Phi) is 5.86. The SMILES string of the molecule is CN(C)CCOc1ccccc1C=CC(=O)c1cccnc1. The van der Waals surface area contributed by atoms with Crippen molar-refractivity contribution in [2.45, 2.75) is 0 Å². The van der Waals surface area contributed by atoms with Crippen LogP contribution in [0.2, 0.25) is 0 Å². The Bertz CT molecular complexity index is 637. The van der Waals surface area contributed by atoms with Crippen molar-refractivity contribution in [1.29, 1.82) is 0 Å². The fourth-order valence-electron chi connectivity index (χ4n) is 1.86. The van der Waals surface area contributed by atoms with Crippen LogP contribution in [0, 0.1) is 0 Å². The van der Waals surface area contributed by atoms with Gasteiger partial charge in [0.1, 0.15) is 12.4 Å². The number of carbonyl (C=O) groups is 1. The lowest BCUT2D eigenvalue weighted by Gasteiger charge is -2.12. The quantitative estimate of drug-likeness (QED) is 0.582. The van der Waals surface area contributed by atoms with E-state index in [2.05, 4.69) is 9.88 Å². The molecule has 22 heavy (non-hydrogen) atoms. The van der Waals surface area contributed by atoms with E-state index in [9.17, 15) is 4.79 Å². The normalized spacial score (nSPS) is 11.0. The second-order valence-corrected chi connectivity index (χ2v) is 5.13. The highest BCUT2D eigenvalue weighted by Gasteiger charge is 2.03. The number of para-hydroxylation sites is 1. The van der Waals surface area contributed by atoms with E-state index in [-0.39, 0.29) is 5.78 Å². The fourth-order valence-corrected chi connectivity index (χ4v) is 1.86. The topological polar surface area (TPSA) is 42.4 Å². The van der Waals surface area contributed by atoms with Crippen molar-refractivity contribution >= 4 is 11.9 Å². The van der Waals surface area contributed by atoms with Gasteiger partial charge in [0.05, 0.1) is 0 Å². The smallest absolute Gasteiger partial charge is 0.187 e. The first kappa shape index (κ1) is 15.9. The van der Waals surface area contributed by atoms with Gasteiger partial charge in [0.15, 0.2) is 5.78 Å². The molecule has 1 aromatic heterocycles. The Morgan fingerprint density at radius 1 is 1.23 bits per heavy atom. The van der Waals surface area contributed by atoms with Gasteiger partial charge >= 0.3 is 0 Å². The van der Waals surface area contributed by atoms with Crippen molar-refractivity contribution < 1.29 is 9.53 Å². The molecule has 0 radical (unpaired) electrons. The number of ketones is 1. The highest BCUT2D eigenvalue weighted by atomic mass is 16.5. The third kappa shape index (κ3) is 4.82. The summed E-state index contributed by atoms with van der Waals surface area (Å²) in [5, 5.41) is 0. The van der Waals surface area contributed by atoms with Crippen LogP contribution in [0.25, 0.3) is 6.08 Å². The lowest BCUT2D eigenvalue weighted by Crippen LogP contribution is -2.19. The van der Waals surface area contributed by atoms with Crippen LogP contribution in [0.5, 0.6) is 5.75 Å². The molecule has 0 amide bonds. The van der Waals surface area contributed by atoms with Gasteiger partial charge in [0, 0.05) is 30.1 Å². The maximum atomic E-state index is 12.1. The van der Waals surface area contributed by atoms with Crippen LogP contribution >= 0.6 is 0 Å². The predicted octanol–water partition coefficient (Wildman–Crippen LogP) is 2.92. The minimum absolute atomic E-state index is 0.0730. The maximum Gasteiger partial charge on any atom is 0.187 e. The molecular weight excluding hydrogens is 276 g/mol. The summed E-state index contributed by atoms with van der Waals surface area (Å²) in [6, 6.07) is 11.2. The summed E-state index contributed by atoms with van der Waals surface area (Å²) < 4.78 is 5.77. The van der Waals surface area contributed by atoms with E-state index in [0.717, 1.165) is 17.9 Å². The number of nitrogens with zero attached hydrogens (tertiary/aromatic N) is 2. The molecule has 0 unspecified atom stereocenters. The van der Waals surface area contributed by atoms with Gasteiger partial charge in [-0.2, -0.15) is 0 Å². The molecule has 0 aliphatic rings. The lowest BCUT2D eigenvalue weighted by atomic mass is 10.1. The van der Waals surface area contributed by atoms with Crippen molar-refractivity contribution in [3.05, 3.63) is 66.0 Å². The molecule has 1 aromatic carbocycles. The Balaban J connectivity index is 2.06. The summed E-state index contributed by atoms with van der Waals surface area (Å²) in [6.45, 7) is 1.45. The minimum Gasteiger partial charge on any atom is -0.492 e. The van der Waals surface area contributed by atoms with Gasteiger partial charge in [0.25, 0.3) is 0 Å². The molecule has 0 N–H and O–H groups in total. The molecule has 0 aliphatic heterocycles. The largest absolute Gasteiger partial charge is 0.492 e. The van der Waals surface area contributed by atoms with Crippen LogP contribution in [-0.4, -0.2) is 42.9 Å². The molecule has 0 fully saturated rings.